The summed E-state index contributed by atoms with van der Waals surface area (Å²) >= 11 is 0. The Morgan fingerprint density at radius 1 is 1.27 bits per heavy atom. The minimum Gasteiger partial charge on any atom is -0.508 e. The highest BCUT2D eigenvalue weighted by atomic mass is 16.3. The Morgan fingerprint density at radius 3 is 2.33 bits per heavy atom. The summed E-state index contributed by atoms with van der Waals surface area (Å²) in [7, 11) is 0. The van der Waals surface area contributed by atoms with Crippen LogP contribution in [0, 0.1) is 5.41 Å². The van der Waals surface area contributed by atoms with Gasteiger partial charge in [0.05, 0.1) is 0 Å². The van der Waals surface area contributed by atoms with Crippen molar-refractivity contribution < 1.29 is 9.90 Å². The van der Waals surface area contributed by atoms with Crippen molar-refractivity contribution in [2.24, 2.45) is 5.41 Å². The normalized spacial score (nSPS) is 19.6. The Kier molecular flexibility index (Phi) is 2.18. The summed E-state index contributed by atoms with van der Waals surface area (Å²) in [5, 5.41) is 9.16. The zero-order valence-electron chi connectivity index (χ0n) is 9.03. The van der Waals surface area contributed by atoms with Gasteiger partial charge in [-0.3, -0.25) is 4.79 Å². The molecule has 1 aromatic rings. The SMILES string of the molecule is CC1(C)CCN(c2ccc(O)cc2)C1=O. The van der Waals surface area contributed by atoms with E-state index in [1.807, 2.05) is 13.8 Å². The molecule has 1 N–H and O–H groups in total. The molecule has 0 aromatic heterocycles. The number of benzene rings is 1. The molecule has 15 heavy (non-hydrogen) atoms. The third-order valence-corrected chi connectivity index (χ3v) is 2.95. The van der Waals surface area contributed by atoms with E-state index in [4.69, 9.17) is 5.11 Å². The lowest BCUT2D eigenvalue weighted by atomic mass is 9.92. The van der Waals surface area contributed by atoms with Crippen LogP contribution in [0.2, 0.25) is 0 Å². The number of rotatable bonds is 1. The number of anilines is 1. The second kappa shape index (κ2) is 3.26. The summed E-state index contributed by atoms with van der Waals surface area (Å²) in [5.41, 5.74) is 0.612. The molecule has 3 heteroatoms. The Balaban J connectivity index is 2.27. The van der Waals surface area contributed by atoms with Crippen molar-refractivity contribution in [3.63, 3.8) is 0 Å². The second-order valence-corrected chi connectivity index (χ2v) is 4.61. The van der Waals surface area contributed by atoms with Crippen molar-refractivity contribution in [2.75, 3.05) is 11.4 Å². The van der Waals surface area contributed by atoms with Gasteiger partial charge in [0.15, 0.2) is 0 Å². The minimum atomic E-state index is -0.252. The molecule has 0 radical (unpaired) electrons. The zero-order chi connectivity index (χ0) is 11.1. The van der Waals surface area contributed by atoms with Gasteiger partial charge in [0, 0.05) is 17.6 Å². The van der Waals surface area contributed by atoms with Crippen LogP contribution in [0.4, 0.5) is 5.69 Å². The van der Waals surface area contributed by atoms with Gasteiger partial charge in [0.1, 0.15) is 5.75 Å². The third kappa shape index (κ3) is 1.69. The van der Waals surface area contributed by atoms with Gasteiger partial charge in [-0.2, -0.15) is 0 Å². The first-order chi connectivity index (χ1) is 7.00. The topological polar surface area (TPSA) is 40.5 Å². The van der Waals surface area contributed by atoms with Crippen LogP contribution in [0.25, 0.3) is 0 Å². The Bertz CT molecular complexity index is 381. The minimum absolute atomic E-state index is 0.160. The van der Waals surface area contributed by atoms with Crippen molar-refractivity contribution in [1.82, 2.24) is 0 Å². The average Bonchev–Trinajstić information content (AvgIpc) is 2.45. The lowest BCUT2D eigenvalue weighted by molar-refractivity contribution is -0.123. The Labute approximate surface area is 89.3 Å². The van der Waals surface area contributed by atoms with Crippen LogP contribution in [0.5, 0.6) is 5.75 Å². The number of hydrogen-bond donors (Lipinski definition) is 1. The van der Waals surface area contributed by atoms with Gasteiger partial charge < -0.3 is 10.0 Å². The van der Waals surface area contributed by atoms with E-state index in [2.05, 4.69) is 0 Å². The standard InChI is InChI=1S/C12H15NO2/c1-12(2)7-8-13(11(12)15)9-3-5-10(14)6-4-9/h3-6,14H,7-8H2,1-2H3. The van der Waals surface area contributed by atoms with Crippen molar-refractivity contribution in [3.05, 3.63) is 24.3 Å². The molecule has 2 rings (SSSR count). The number of amides is 1. The number of phenolic OH excluding ortho intramolecular Hbond substituents is 1. The van der Waals surface area contributed by atoms with Crippen LogP contribution in [0.1, 0.15) is 20.3 Å². The summed E-state index contributed by atoms with van der Waals surface area (Å²) in [4.78, 5) is 13.8. The van der Waals surface area contributed by atoms with Crippen LogP contribution in [0.15, 0.2) is 24.3 Å². The van der Waals surface area contributed by atoms with E-state index in [1.54, 1.807) is 29.2 Å². The van der Waals surface area contributed by atoms with Crippen LogP contribution in [-0.4, -0.2) is 17.6 Å². The molecule has 1 saturated heterocycles. The molecule has 0 bridgehead atoms. The van der Waals surface area contributed by atoms with Crippen LogP contribution < -0.4 is 4.90 Å². The maximum Gasteiger partial charge on any atom is 0.232 e. The number of nitrogens with zero attached hydrogens (tertiary/aromatic N) is 1. The summed E-state index contributed by atoms with van der Waals surface area (Å²) in [6.45, 7) is 4.70. The third-order valence-electron chi connectivity index (χ3n) is 2.95. The van der Waals surface area contributed by atoms with E-state index in [-0.39, 0.29) is 17.1 Å². The summed E-state index contributed by atoms with van der Waals surface area (Å²) in [5.74, 6) is 0.387. The summed E-state index contributed by atoms with van der Waals surface area (Å²) in [6.07, 6.45) is 0.882. The Morgan fingerprint density at radius 2 is 1.87 bits per heavy atom. The number of phenols is 1. The van der Waals surface area contributed by atoms with E-state index in [9.17, 15) is 4.79 Å². The second-order valence-electron chi connectivity index (χ2n) is 4.61. The molecule has 0 aliphatic carbocycles. The van der Waals surface area contributed by atoms with Crippen molar-refractivity contribution in [1.29, 1.82) is 0 Å². The zero-order valence-corrected chi connectivity index (χ0v) is 9.03. The molecular weight excluding hydrogens is 190 g/mol. The summed E-state index contributed by atoms with van der Waals surface area (Å²) in [6, 6.07) is 6.76. The number of aromatic hydroxyl groups is 1. The smallest absolute Gasteiger partial charge is 0.232 e. The van der Waals surface area contributed by atoms with Gasteiger partial charge in [-0.1, -0.05) is 13.8 Å². The highest BCUT2D eigenvalue weighted by Crippen LogP contribution is 2.34. The molecule has 3 nitrogen and oxygen atoms in total. The van der Waals surface area contributed by atoms with Gasteiger partial charge in [-0.25, -0.2) is 0 Å². The van der Waals surface area contributed by atoms with E-state index < -0.39 is 0 Å². The van der Waals surface area contributed by atoms with Gasteiger partial charge in [-0.05, 0) is 30.7 Å². The fourth-order valence-electron chi connectivity index (χ4n) is 1.84. The molecule has 1 fully saturated rings. The van der Waals surface area contributed by atoms with Gasteiger partial charge in [0.2, 0.25) is 5.91 Å². The molecule has 1 heterocycles. The summed E-state index contributed by atoms with van der Waals surface area (Å²) < 4.78 is 0. The van der Waals surface area contributed by atoms with E-state index in [0.717, 1.165) is 18.7 Å². The highest BCUT2D eigenvalue weighted by molar-refractivity contribution is 5.99. The fraction of sp³-hybridized carbons (Fsp3) is 0.417. The number of carbonyl (C=O) groups excluding carboxylic acids is 1. The quantitative estimate of drug-likeness (QED) is 0.763. The fourth-order valence-corrected chi connectivity index (χ4v) is 1.84. The molecule has 1 amide bonds. The molecule has 0 unspecified atom stereocenters. The maximum atomic E-state index is 12.0. The Hall–Kier alpha value is -1.51. The van der Waals surface area contributed by atoms with Gasteiger partial charge >= 0.3 is 0 Å². The molecule has 1 aliphatic rings. The first-order valence-electron chi connectivity index (χ1n) is 5.12. The molecule has 1 aromatic carbocycles. The van der Waals surface area contributed by atoms with E-state index in [0.29, 0.717) is 0 Å². The van der Waals surface area contributed by atoms with E-state index in [1.165, 1.54) is 0 Å². The van der Waals surface area contributed by atoms with Crippen molar-refractivity contribution >= 4 is 11.6 Å². The number of carbonyl (C=O) groups is 1. The van der Waals surface area contributed by atoms with Crippen LogP contribution in [-0.2, 0) is 4.79 Å². The average molecular weight is 205 g/mol. The van der Waals surface area contributed by atoms with Gasteiger partial charge in [-0.15, -0.1) is 0 Å². The molecule has 0 spiro atoms. The molecule has 80 valence electrons. The maximum absolute atomic E-state index is 12.0. The lowest BCUT2D eigenvalue weighted by Crippen LogP contribution is -2.30. The first kappa shape index (κ1) is 10.0. The van der Waals surface area contributed by atoms with E-state index >= 15 is 0 Å². The van der Waals surface area contributed by atoms with Gasteiger partial charge in [0.25, 0.3) is 0 Å². The van der Waals surface area contributed by atoms with Crippen molar-refractivity contribution in [2.45, 2.75) is 20.3 Å². The van der Waals surface area contributed by atoms with Crippen LogP contribution in [0.3, 0.4) is 0 Å². The predicted octanol–water partition coefficient (Wildman–Crippen LogP) is 2.16. The molecule has 1 aliphatic heterocycles. The largest absolute Gasteiger partial charge is 0.508 e. The lowest BCUT2D eigenvalue weighted by Gasteiger charge is -2.19. The number of hydrogen-bond acceptors (Lipinski definition) is 2. The molecule has 0 atom stereocenters. The molecular formula is C12H15NO2. The van der Waals surface area contributed by atoms with Crippen LogP contribution >= 0.6 is 0 Å². The molecule has 0 saturated carbocycles. The predicted molar refractivity (Wildman–Crippen MR) is 58.9 cm³/mol. The highest BCUT2D eigenvalue weighted by Gasteiger charge is 2.39. The first-order valence-corrected chi connectivity index (χ1v) is 5.12. The monoisotopic (exact) mass is 205 g/mol. The van der Waals surface area contributed by atoms with Crippen molar-refractivity contribution in [3.8, 4) is 5.75 Å².